The average Bonchev–Trinajstić information content (AvgIpc) is 2.48. The first-order chi connectivity index (χ1) is 9.99. The number of aryl methyl sites for hydroxylation is 1. The van der Waals surface area contributed by atoms with Gasteiger partial charge in [-0.25, -0.2) is 0 Å². The van der Waals surface area contributed by atoms with Gasteiger partial charge >= 0.3 is 0 Å². The molecule has 0 saturated carbocycles. The second kappa shape index (κ2) is 6.69. The molecule has 0 aliphatic carbocycles. The molecule has 1 aromatic rings. The van der Waals surface area contributed by atoms with Crippen molar-refractivity contribution in [2.75, 3.05) is 18.0 Å². The Bertz CT molecular complexity index is 529. The van der Waals surface area contributed by atoms with Gasteiger partial charge in [0, 0.05) is 13.1 Å². The molecule has 0 aromatic carbocycles. The maximum atomic E-state index is 6.02. The van der Waals surface area contributed by atoms with Crippen LogP contribution >= 0.6 is 12.2 Å². The van der Waals surface area contributed by atoms with Crippen LogP contribution in [0, 0.1) is 11.8 Å². The molecule has 0 spiro atoms. The van der Waals surface area contributed by atoms with E-state index in [1.54, 1.807) is 0 Å². The van der Waals surface area contributed by atoms with Crippen LogP contribution in [-0.2, 0) is 12.8 Å². The van der Waals surface area contributed by atoms with E-state index in [2.05, 4.69) is 42.8 Å². The molecule has 1 saturated heterocycles. The summed E-state index contributed by atoms with van der Waals surface area (Å²) in [6.45, 7) is 10.8. The Kier molecular flexibility index (Phi) is 5.14. The van der Waals surface area contributed by atoms with Gasteiger partial charge in [0.25, 0.3) is 0 Å². The van der Waals surface area contributed by atoms with Crippen molar-refractivity contribution >= 4 is 23.0 Å². The highest BCUT2D eigenvalue weighted by atomic mass is 32.1. The molecule has 1 aliphatic rings. The Labute approximate surface area is 133 Å². The molecule has 1 aromatic heterocycles. The number of rotatable bonds is 4. The van der Waals surface area contributed by atoms with Crippen LogP contribution in [0.1, 0.15) is 50.9 Å². The van der Waals surface area contributed by atoms with Gasteiger partial charge in [-0.3, -0.25) is 0 Å². The van der Waals surface area contributed by atoms with E-state index in [4.69, 9.17) is 18.0 Å². The Morgan fingerprint density at radius 2 is 1.95 bits per heavy atom. The van der Waals surface area contributed by atoms with Gasteiger partial charge in [-0.2, -0.15) is 5.10 Å². The lowest BCUT2D eigenvalue weighted by Crippen LogP contribution is -2.40. The van der Waals surface area contributed by atoms with Crippen molar-refractivity contribution in [1.82, 2.24) is 10.2 Å². The smallest absolute Gasteiger partial charge is 0.161 e. The van der Waals surface area contributed by atoms with E-state index in [0.717, 1.165) is 48.9 Å². The maximum absolute atomic E-state index is 6.02. The molecular formula is C16H26N4S. The first-order valence-electron chi connectivity index (χ1n) is 7.92. The number of hydrogen-bond acceptors (Lipinski definition) is 4. The van der Waals surface area contributed by atoms with Crippen molar-refractivity contribution in [3.63, 3.8) is 0 Å². The molecule has 0 bridgehead atoms. The van der Waals surface area contributed by atoms with E-state index < -0.39 is 0 Å². The van der Waals surface area contributed by atoms with Crippen LogP contribution in [0.2, 0.25) is 0 Å². The summed E-state index contributed by atoms with van der Waals surface area (Å²) in [6, 6.07) is 0. The molecule has 4 nitrogen and oxygen atoms in total. The van der Waals surface area contributed by atoms with Crippen LogP contribution < -0.4 is 10.6 Å². The van der Waals surface area contributed by atoms with Crippen molar-refractivity contribution in [2.24, 2.45) is 17.6 Å². The molecule has 2 heterocycles. The van der Waals surface area contributed by atoms with Crippen molar-refractivity contribution < 1.29 is 0 Å². The van der Waals surface area contributed by atoms with Gasteiger partial charge in [0.15, 0.2) is 5.82 Å². The Balaban J connectivity index is 2.46. The zero-order valence-electron chi connectivity index (χ0n) is 13.5. The normalized spacial score (nSPS) is 22.4. The van der Waals surface area contributed by atoms with Crippen molar-refractivity contribution in [3.05, 3.63) is 16.8 Å². The molecule has 0 radical (unpaired) electrons. The van der Waals surface area contributed by atoms with Gasteiger partial charge in [0.1, 0.15) is 4.99 Å². The van der Waals surface area contributed by atoms with Crippen LogP contribution in [0.5, 0.6) is 0 Å². The third-order valence-electron chi connectivity index (χ3n) is 4.71. The minimum atomic E-state index is 0.442. The monoisotopic (exact) mass is 306 g/mol. The van der Waals surface area contributed by atoms with E-state index in [0.29, 0.717) is 10.9 Å². The first-order valence-corrected chi connectivity index (χ1v) is 8.33. The quantitative estimate of drug-likeness (QED) is 0.867. The Hall–Kier alpha value is -1.23. The molecular weight excluding hydrogens is 280 g/mol. The van der Waals surface area contributed by atoms with E-state index in [1.165, 1.54) is 12.0 Å². The fourth-order valence-corrected chi connectivity index (χ4v) is 3.31. The topological polar surface area (TPSA) is 55.0 Å². The summed E-state index contributed by atoms with van der Waals surface area (Å²) in [4.78, 5) is 2.75. The lowest BCUT2D eigenvalue weighted by atomic mass is 9.88. The third-order valence-corrected chi connectivity index (χ3v) is 4.91. The van der Waals surface area contributed by atoms with Crippen LogP contribution in [-0.4, -0.2) is 28.3 Å². The van der Waals surface area contributed by atoms with E-state index in [9.17, 15) is 0 Å². The highest BCUT2D eigenvalue weighted by molar-refractivity contribution is 7.80. The molecule has 2 N–H and O–H groups in total. The maximum Gasteiger partial charge on any atom is 0.161 e. The predicted octanol–water partition coefficient (Wildman–Crippen LogP) is 2.72. The van der Waals surface area contributed by atoms with Crippen LogP contribution in [0.25, 0.3) is 0 Å². The summed E-state index contributed by atoms with van der Waals surface area (Å²) in [5.74, 6) is 2.29. The number of thiocarbonyl (C=S) groups is 1. The molecule has 0 amide bonds. The van der Waals surface area contributed by atoms with Gasteiger partial charge in [0.05, 0.1) is 11.3 Å². The SMILES string of the molecule is CCc1nnc(N2CCC(C)C(C)C2)c(C(N)=S)c1CC. The predicted molar refractivity (Wildman–Crippen MR) is 91.8 cm³/mol. The van der Waals surface area contributed by atoms with Gasteiger partial charge in [-0.05, 0) is 36.7 Å². The van der Waals surface area contributed by atoms with Crippen molar-refractivity contribution in [2.45, 2.75) is 47.0 Å². The summed E-state index contributed by atoms with van der Waals surface area (Å²) in [5.41, 5.74) is 9.15. The third kappa shape index (κ3) is 3.18. The number of piperidine rings is 1. The minimum absolute atomic E-state index is 0.442. The lowest BCUT2D eigenvalue weighted by molar-refractivity contribution is 0.322. The van der Waals surface area contributed by atoms with Crippen LogP contribution in [0.15, 0.2) is 0 Å². The van der Waals surface area contributed by atoms with Crippen molar-refractivity contribution in [3.8, 4) is 0 Å². The largest absolute Gasteiger partial charge is 0.389 e. The average molecular weight is 306 g/mol. The highest BCUT2D eigenvalue weighted by Gasteiger charge is 2.27. The molecule has 1 aliphatic heterocycles. The van der Waals surface area contributed by atoms with E-state index in [1.807, 2.05) is 0 Å². The van der Waals surface area contributed by atoms with Gasteiger partial charge in [-0.15, -0.1) is 5.10 Å². The summed E-state index contributed by atoms with van der Waals surface area (Å²) in [7, 11) is 0. The molecule has 21 heavy (non-hydrogen) atoms. The summed E-state index contributed by atoms with van der Waals surface area (Å²) in [5, 5.41) is 8.89. The summed E-state index contributed by atoms with van der Waals surface area (Å²) < 4.78 is 0. The second-order valence-electron chi connectivity index (χ2n) is 6.08. The second-order valence-corrected chi connectivity index (χ2v) is 6.52. The number of aromatic nitrogens is 2. The standard InChI is InChI=1S/C16H26N4S/c1-5-12-13(6-2)18-19-16(14(12)15(17)21)20-8-7-10(3)11(4)9-20/h10-11H,5-9H2,1-4H3,(H2,17,21). The summed E-state index contributed by atoms with van der Waals surface area (Å²) in [6.07, 6.45) is 2.92. The number of nitrogens with zero attached hydrogens (tertiary/aromatic N) is 3. The van der Waals surface area contributed by atoms with Crippen LogP contribution in [0.4, 0.5) is 5.82 Å². The zero-order chi connectivity index (χ0) is 15.6. The lowest BCUT2D eigenvalue weighted by Gasteiger charge is -2.37. The summed E-state index contributed by atoms with van der Waals surface area (Å²) >= 11 is 5.32. The molecule has 2 atom stereocenters. The van der Waals surface area contributed by atoms with E-state index >= 15 is 0 Å². The first kappa shape index (κ1) is 16.1. The number of nitrogens with two attached hydrogens (primary N) is 1. The molecule has 2 rings (SSSR count). The molecule has 5 heteroatoms. The molecule has 2 unspecified atom stereocenters. The zero-order valence-corrected chi connectivity index (χ0v) is 14.3. The van der Waals surface area contributed by atoms with Gasteiger partial charge in [0.2, 0.25) is 0 Å². The molecule has 116 valence electrons. The highest BCUT2D eigenvalue weighted by Crippen LogP contribution is 2.30. The van der Waals surface area contributed by atoms with E-state index in [-0.39, 0.29) is 0 Å². The van der Waals surface area contributed by atoms with Gasteiger partial charge in [-0.1, -0.05) is 39.9 Å². The molecule has 1 fully saturated rings. The Morgan fingerprint density at radius 1 is 1.24 bits per heavy atom. The fourth-order valence-electron chi connectivity index (χ4n) is 3.10. The number of hydrogen-bond donors (Lipinski definition) is 1. The van der Waals surface area contributed by atoms with Gasteiger partial charge < -0.3 is 10.6 Å². The van der Waals surface area contributed by atoms with Crippen molar-refractivity contribution in [1.29, 1.82) is 0 Å². The minimum Gasteiger partial charge on any atom is -0.389 e. The Morgan fingerprint density at radius 3 is 2.48 bits per heavy atom. The van der Waals surface area contributed by atoms with Crippen LogP contribution in [0.3, 0.4) is 0 Å². The number of anilines is 1. The fraction of sp³-hybridized carbons (Fsp3) is 0.688.